The van der Waals surface area contributed by atoms with Crippen LogP contribution in [0.5, 0.6) is 0 Å². The maximum Gasteiger partial charge on any atom is 0.346 e. The van der Waals surface area contributed by atoms with Gasteiger partial charge in [0.25, 0.3) is 10.0 Å². The van der Waals surface area contributed by atoms with Gasteiger partial charge in [-0.2, -0.15) is 8.42 Å². The molecule has 0 unspecified atom stereocenters. The summed E-state index contributed by atoms with van der Waals surface area (Å²) in [6.45, 7) is 1.97. The normalized spacial score (nSPS) is 10.9. The number of sulfonamides is 1. The van der Waals surface area contributed by atoms with Crippen LogP contribution in [0.1, 0.15) is 6.92 Å². The Hall–Kier alpha value is -1.60. The summed E-state index contributed by atoms with van der Waals surface area (Å²) in [6, 6.07) is 6.66. The van der Waals surface area contributed by atoms with Gasteiger partial charge >= 0.3 is 6.03 Å². The van der Waals surface area contributed by atoms with Crippen molar-refractivity contribution in [3.8, 4) is 0 Å². The molecule has 0 heterocycles. The first-order valence-electron chi connectivity index (χ1n) is 4.63. The summed E-state index contributed by atoms with van der Waals surface area (Å²) in [6.07, 6.45) is 0. The highest BCUT2D eigenvalue weighted by Crippen LogP contribution is 2.11. The second kappa shape index (κ2) is 4.95. The molecule has 7 heteroatoms. The van der Waals surface area contributed by atoms with E-state index in [-0.39, 0.29) is 9.31 Å². The number of hydrogen-bond donors (Lipinski definition) is 2. The molecule has 3 N–H and O–H groups in total. The molecular formula is C9H13N3O3S. The van der Waals surface area contributed by atoms with Crippen LogP contribution in [0.2, 0.25) is 0 Å². The van der Waals surface area contributed by atoms with Gasteiger partial charge in [-0.15, -0.1) is 4.41 Å². The van der Waals surface area contributed by atoms with E-state index >= 15 is 0 Å². The van der Waals surface area contributed by atoms with Crippen molar-refractivity contribution < 1.29 is 13.2 Å². The summed E-state index contributed by atoms with van der Waals surface area (Å²) >= 11 is 0. The highest BCUT2D eigenvalue weighted by atomic mass is 32.2. The van der Waals surface area contributed by atoms with Crippen LogP contribution < -0.4 is 11.2 Å². The van der Waals surface area contributed by atoms with Crippen LogP contribution in [0.25, 0.3) is 0 Å². The molecule has 1 rings (SSSR count). The standard InChI is InChI=1S/C9H13N3O3S/c1-2-11-9(13)12(10)16(14,15)8-6-4-3-5-7-8/h3-7H,2,10H2,1H3,(H,11,13). The summed E-state index contributed by atoms with van der Waals surface area (Å²) in [5.74, 6) is 5.25. The van der Waals surface area contributed by atoms with Crippen molar-refractivity contribution in [2.45, 2.75) is 11.8 Å². The monoisotopic (exact) mass is 243 g/mol. The molecular weight excluding hydrogens is 230 g/mol. The van der Waals surface area contributed by atoms with Gasteiger partial charge in [-0.1, -0.05) is 18.2 Å². The molecule has 0 aliphatic rings. The third kappa shape index (κ3) is 2.50. The molecule has 2 amide bonds. The second-order valence-electron chi connectivity index (χ2n) is 2.95. The van der Waals surface area contributed by atoms with Crippen LogP contribution in [0, 0.1) is 0 Å². The van der Waals surface area contributed by atoms with Gasteiger partial charge in [0.1, 0.15) is 0 Å². The number of hydrogen-bond acceptors (Lipinski definition) is 4. The fourth-order valence-electron chi connectivity index (χ4n) is 1.04. The van der Waals surface area contributed by atoms with E-state index in [1.54, 1.807) is 25.1 Å². The number of amides is 2. The largest absolute Gasteiger partial charge is 0.346 e. The van der Waals surface area contributed by atoms with Crippen molar-refractivity contribution in [2.75, 3.05) is 6.54 Å². The van der Waals surface area contributed by atoms with Crippen LogP contribution in [-0.4, -0.2) is 25.4 Å². The lowest BCUT2D eigenvalue weighted by Crippen LogP contribution is -2.48. The average molecular weight is 243 g/mol. The zero-order valence-corrected chi connectivity index (χ0v) is 9.57. The quantitative estimate of drug-likeness (QED) is 0.453. The SMILES string of the molecule is CCNC(=O)N(N)S(=O)(=O)c1ccccc1. The predicted molar refractivity (Wildman–Crippen MR) is 58.7 cm³/mol. The fourth-order valence-corrected chi connectivity index (χ4v) is 2.06. The molecule has 0 bridgehead atoms. The maximum absolute atomic E-state index is 11.8. The van der Waals surface area contributed by atoms with E-state index in [1.165, 1.54) is 12.1 Å². The van der Waals surface area contributed by atoms with Gasteiger partial charge in [0.15, 0.2) is 0 Å². The zero-order valence-electron chi connectivity index (χ0n) is 8.75. The van der Waals surface area contributed by atoms with Gasteiger partial charge in [0.05, 0.1) is 4.90 Å². The van der Waals surface area contributed by atoms with Crippen molar-refractivity contribution in [1.29, 1.82) is 0 Å². The molecule has 0 aliphatic heterocycles. The number of nitrogens with two attached hydrogens (primary N) is 1. The van der Waals surface area contributed by atoms with Crippen LogP contribution in [0.15, 0.2) is 35.2 Å². The van der Waals surface area contributed by atoms with Gasteiger partial charge in [-0.3, -0.25) is 0 Å². The Labute approximate surface area is 94.1 Å². The molecule has 0 aliphatic carbocycles. The van der Waals surface area contributed by atoms with Crippen molar-refractivity contribution in [1.82, 2.24) is 9.73 Å². The lowest BCUT2D eigenvalue weighted by Gasteiger charge is -2.16. The van der Waals surface area contributed by atoms with Crippen LogP contribution >= 0.6 is 0 Å². The number of nitrogens with one attached hydrogen (secondary N) is 1. The third-order valence-corrected chi connectivity index (χ3v) is 3.38. The Bertz CT molecular complexity index is 458. The number of benzene rings is 1. The Morgan fingerprint density at radius 3 is 2.44 bits per heavy atom. The zero-order chi connectivity index (χ0) is 12.2. The molecule has 1 aromatic carbocycles. The molecule has 16 heavy (non-hydrogen) atoms. The summed E-state index contributed by atoms with van der Waals surface area (Å²) in [4.78, 5) is 11.2. The Kier molecular flexibility index (Phi) is 3.86. The molecule has 1 aromatic rings. The average Bonchev–Trinajstić information content (AvgIpc) is 2.29. The maximum atomic E-state index is 11.8. The number of carbonyl (C=O) groups excluding carboxylic acids is 1. The second-order valence-corrected chi connectivity index (χ2v) is 4.76. The van der Waals surface area contributed by atoms with E-state index in [9.17, 15) is 13.2 Å². The van der Waals surface area contributed by atoms with Crippen LogP contribution in [0.3, 0.4) is 0 Å². The van der Waals surface area contributed by atoms with Crippen molar-refractivity contribution >= 4 is 16.1 Å². The number of rotatable bonds is 3. The lowest BCUT2D eigenvalue weighted by atomic mass is 10.4. The fraction of sp³-hybridized carbons (Fsp3) is 0.222. The molecule has 0 radical (unpaired) electrons. The first kappa shape index (κ1) is 12.5. The van der Waals surface area contributed by atoms with E-state index in [0.717, 1.165) is 0 Å². The van der Waals surface area contributed by atoms with Gasteiger partial charge < -0.3 is 5.32 Å². The lowest BCUT2D eigenvalue weighted by molar-refractivity contribution is 0.224. The molecule has 0 aromatic heterocycles. The smallest absolute Gasteiger partial charge is 0.336 e. The Morgan fingerprint density at radius 2 is 1.94 bits per heavy atom. The summed E-state index contributed by atoms with van der Waals surface area (Å²) in [5.41, 5.74) is 0. The van der Waals surface area contributed by atoms with Gasteiger partial charge in [0.2, 0.25) is 0 Å². The first-order chi connectivity index (χ1) is 7.50. The van der Waals surface area contributed by atoms with Crippen LogP contribution in [-0.2, 0) is 10.0 Å². The molecule has 6 nitrogen and oxygen atoms in total. The Morgan fingerprint density at radius 1 is 1.38 bits per heavy atom. The molecule has 0 saturated carbocycles. The van der Waals surface area contributed by atoms with Gasteiger partial charge in [0, 0.05) is 6.54 Å². The minimum atomic E-state index is -3.96. The van der Waals surface area contributed by atoms with Crippen LogP contribution in [0.4, 0.5) is 4.79 Å². The molecule has 0 atom stereocenters. The van der Waals surface area contributed by atoms with E-state index in [2.05, 4.69) is 5.32 Å². The minimum Gasteiger partial charge on any atom is -0.336 e. The van der Waals surface area contributed by atoms with Crippen molar-refractivity contribution in [3.63, 3.8) is 0 Å². The molecule has 0 saturated heterocycles. The van der Waals surface area contributed by atoms with E-state index in [1.807, 2.05) is 0 Å². The van der Waals surface area contributed by atoms with Crippen molar-refractivity contribution in [3.05, 3.63) is 30.3 Å². The van der Waals surface area contributed by atoms with E-state index in [0.29, 0.717) is 6.54 Å². The van der Waals surface area contributed by atoms with Gasteiger partial charge in [-0.25, -0.2) is 10.6 Å². The highest BCUT2D eigenvalue weighted by molar-refractivity contribution is 7.89. The molecule has 0 spiro atoms. The number of nitrogens with zero attached hydrogens (tertiary/aromatic N) is 1. The first-order valence-corrected chi connectivity index (χ1v) is 6.07. The highest BCUT2D eigenvalue weighted by Gasteiger charge is 2.25. The molecule has 0 fully saturated rings. The summed E-state index contributed by atoms with van der Waals surface area (Å²) in [5, 5.41) is 2.30. The summed E-state index contributed by atoms with van der Waals surface area (Å²) < 4.78 is 23.8. The predicted octanol–water partition coefficient (Wildman–Crippen LogP) is 0.281. The third-order valence-electron chi connectivity index (χ3n) is 1.83. The van der Waals surface area contributed by atoms with Crippen molar-refractivity contribution in [2.24, 2.45) is 5.84 Å². The summed E-state index contributed by atoms with van der Waals surface area (Å²) in [7, 11) is -3.96. The number of urea groups is 1. The van der Waals surface area contributed by atoms with E-state index < -0.39 is 16.1 Å². The topological polar surface area (TPSA) is 92.5 Å². The Balaban J connectivity index is 2.99. The minimum absolute atomic E-state index is 0.0243. The van der Waals surface area contributed by atoms with Gasteiger partial charge in [-0.05, 0) is 19.1 Å². The number of carbonyl (C=O) groups is 1. The van der Waals surface area contributed by atoms with E-state index in [4.69, 9.17) is 5.84 Å². The number of hydrazine groups is 1. The molecule has 88 valence electrons.